The van der Waals surface area contributed by atoms with Crippen molar-refractivity contribution in [2.45, 2.75) is 39.4 Å². The van der Waals surface area contributed by atoms with E-state index in [0.717, 1.165) is 23.5 Å². The van der Waals surface area contributed by atoms with E-state index in [4.69, 9.17) is 4.42 Å². The molecule has 0 spiro atoms. The van der Waals surface area contributed by atoms with E-state index in [1.807, 2.05) is 13.0 Å². The Kier molecular flexibility index (Phi) is 3.63. The van der Waals surface area contributed by atoms with Crippen molar-refractivity contribution in [3.8, 4) is 0 Å². The Bertz CT molecular complexity index is 1020. The van der Waals surface area contributed by atoms with Crippen LogP contribution in [0.25, 0.3) is 11.1 Å². The first-order valence-electron chi connectivity index (χ1n) is 8.31. The molecule has 4 rings (SSSR count). The summed E-state index contributed by atoms with van der Waals surface area (Å²) in [6, 6.07) is 6.46. The Morgan fingerprint density at radius 2 is 2.12 bits per heavy atom. The van der Waals surface area contributed by atoms with Crippen LogP contribution in [-0.4, -0.2) is 25.3 Å². The van der Waals surface area contributed by atoms with Crippen LogP contribution in [0.2, 0.25) is 0 Å². The predicted octanol–water partition coefficient (Wildman–Crippen LogP) is 2.05. The van der Waals surface area contributed by atoms with Gasteiger partial charge in [-0.3, -0.25) is 9.36 Å². The van der Waals surface area contributed by atoms with Gasteiger partial charge >= 0.3 is 5.76 Å². The fourth-order valence-corrected chi connectivity index (χ4v) is 3.25. The molecule has 128 valence electrons. The summed E-state index contributed by atoms with van der Waals surface area (Å²) in [7, 11) is 0. The van der Waals surface area contributed by atoms with Crippen LogP contribution in [0.15, 0.2) is 39.7 Å². The standard InChI is InChI=1S/C18H18N4O3/c1-3-16-19-8-12-9-21(10-13(12)20-16)17(23)11(2)22-14-6-4-5-7-15(14)25-18(22)24/h4-8,11H,3,9-10H2,1-2H3. The Hall–Kier alpha value is -2.96. The Labute approximate surface area is 143 Å². The van der Waals surface area contributed by atoms with Crippen LogP contribution < -0.4 is 5.76 Å². The van der Waals surface area contributed by atoms with Gasteiger partial charge in [0.1, 0.15) is 11.9 Å². The SMILES string of the molecule is CCc1ncc2c(n1)CN(C(=O)C(C)n1c(=O)oc3ccccc31)C2. The number of aromatic nitrogens is 3. The van der Waals surface area contributed by atoms with Gasteiger partial charge in [-0.2, -0.15) is 0 Å². The molecule has 1 atom stereocenters. The van der Waals surface area contributed by atoms with E-state index < -0.39 is 11.8 Å². The molecule has 0 radical (unpaired) electrons. The van der Waals surface area contributed by atoms with Gasteiger partial charge < -0.3 is 9.32 Å². The zero-order valence-electron chi connectivity index (χ0n) is 14.1. The molecule has 3 aromatic rings. The minimum Gasteiger partial charge on any atom is -0.408 e. The topological polar surface area (TPSA) is 81.2 Å². The number of nitrogens with zero attached hydrogens (tertiary/aromatic N) is 4. The maximum absolute atomic E-state index is 12.9. The van der Waals surface area contributed by atoms with Crippen LogP contribution in [0.1, 0.15) is 37.0 Å². The average Bonchev–Trinajstić information content (AvgIpc) is 3.19. The molecule has 0 aliphatic carbocycles. The molecule has 3 heterocycles. The zero-order chi connectivity index (χ0) is 17.6. The van der Waals surface area contributed by atoms with Crippen LogP contribution in [-0.2, 0) is 24.3 Å². The molecule has 0 saturated heterocycles. The first kappa shape index (κ1) is 15.6. The maximum atomic E-state index is 12.9. The monoisotopic (exact) mass is 338 g/mol. The number of carbonyl (C=O) groups excluding carboxylic acids is 1. The van der Waals surface area contributed by atoms with Crippen LogP contribution in [0.5, 0.6) is 0 Å². The third kappa shape index (κ3) is 2.52. The summed E-state index contributed by atoms with van der Waals surface area (Å²) < 4.78 is 6.65. The smallest absolute Gasteiger partial charge is 0.408 e. The molecule has 1 aliphatic heterocycles. The highest BCUT2D eigenvalue weighted by Crippen LogP contribution is 2.25. The molecule has 7 heteroatoms. The van der Waals surface area contributed by atoms with E-state index in [1.165, 1.54) is 4.57 Å². The molecule has 0 fully saturated rings. The average molecular weight is 338 g/mol. The van der Waals surface area contributed by atoms with Crippen molar-refractivity contribution < 1.29 is 9.21 Å². The third-order valence-corrected chi connectivity index (χ3v) is 4.60. The molecule has 1 aliphatic rings. The summed E-state index contributed by atoms with van der Waals surface area (Å²) in [6.07, 6.45) is 2.55. The molecule has 7 nitrogen and oxygen atoms in total. The second-order valence-electron chi connectivity index (χ2n) is 6.19. The Balaban J connectivity index is 1.63. The number of oxazole rings is 1. The summed E-state index contributed by atoms with van der Waals surface area (Å²) >= 11 is 0. The molecule has 1 amide bonds. The number of carbonyl (C=O) groups is 1. The van der Waals surface area contributed by atoms with Gasteiger partial charge in [0.15, 0.2) is 5.58 Å². The van der Waals surface area contributed by atoms with Gasteiger partial charge in [0, 0.05) is 24.7 Å². The normalized spacial score (nSPS) is 14.7. The van der Waals surface area contributed by atoms with Crippen molar-refractivity contribution >= 4 is 17.0 Å². The maximum Gasteiger partial charge on any atom is 0.420 e. The summed E-state index contributed by atoms with van der Waals surface area (Å²) in [5.41, 5.74) is 2.95. The zero-order valence-corrected chi connectivity index (χ0v) is 14.1. The molecule has 2 aromatic heterocycles. The van der Waals surface area contributed by atoms with E-state index in [-0.39, 0.29) is 5.91 Å². The predicted molar refractivity (Wildman–Crippen MR) is 90.8 cm³/mol. The van der Waals surface area contributed by atoms with Crippen molar-refractivity contribution in [2.24, 2.45) is 0 Å². The molecule has 0 saturated carbocycles. The quantitative estimate of drug-likeness (QED) is 0.730. The number of aryl methyl sites for hydroxylation is 1. The van der Waals surface area contributed by atoms with Crippen molar-refractivity contribution in [3.05, 3.63) is 58.1 Å². The van der Waals surface area contributed by atoms with Gasteiger partial charge in [0.25, 0.3) is 0 Å². The van der Waals surface area contributed by atoms with Crippen LogP contribution in [0, 0.1) is 0 Å². The Morgan fingerprint density at radius 1 is 1.32 bits per heavy atom. The Morgan fingerprint density at radius 3 is 2.92 bits per heavy atom. The lowest BCUT2D eigenvalue weighted by Gasteiger charge is -2.20. The number of benzene rings is 1. The minimum atomic E-state index is -0.649. The molecule has 25 heavy (non-hydrogen) atoms. The van der Waals surface area contributed by atoms with Gasteiger partial charge in [-0.1, -0.05) is 19.1 Å². The largest absolute Gasteiger partial charge is 0.420 e. The lowest BCUT2D eigenvalue weighted by Crippen LogP contribution is -2.35. The molecular weight excluding hydrogens is 320 g/mol. The van der Waals surface area contributed by atoms with E-state index in [9.17, 15) is 9.59 Å². The molecular formula is C18H18N4O3. The summed E-state index contributed by atoms with van der Waals surface area (Å²) in [6.45, 7) is 4.63. The molecule has 0 N–H and O–H groups in total. The van der Waals surface area contributed by atoms with E-state index in [0.29, 0.717) is 24.2 Å². The summed E-state index contributed by atoms with van der Waals surface area (Å²) in [4.78, 5) is 35.6. The highest BCUT2D eigenvalue weighted by molar-refractivity contribution is 5.83. The summed E-state index contributed by atoms with van der Waals surface area (Å²) in [5.74, 6) is 0.120. The molecule has 1 unspecified atom stereocenters. The summed E-state index contributed by atoms with van der Waals surface area (Å²) in [5, 5.41) is 0. The van der Waals surface area contributed by atoms with Gasteiger partial charge in [-0.05, 0) is 19.1 Å². The second-order valence-corrected chi connectivity index (χ2v) is 6.19. The van der Waals surface area contributed by atoms with Gasteiger partial charge in [0.05, 0.1) is 17.8 Å². The fourth-order valence-electron chi connectivity index (χ4n) is 3.25. The fraction of sp³-hybridized carbons (Fsp3) is 0.333. The van der Waals surface area contributed by atoms with E-state index in [2.05, 4.69) is 9.97 Å². The van der Waals surface area contributed by atoms with Crippen molar-refractivity contribution in [1.82, 2.24) is 19.4 Å². The lowest BCUT2D eigenvalue weighted by molar-refractivity contribution is -0.135. The van der Waals surface area contributed by atoms with E-state index >= 15 is 0 Å². The van der Waals surface area contributed by atoms with Crippen molar-refractivity contribution in [1.29, 1.82) is 0 Å². The number of rotatable bonds is 3. The number of hydrogen-bond donors (Lipinski definition) is 0. The first-order chi connectivity index (χ1) is 12.1. The first-order valence-corrected chi connectivity index (χ1v) is 8.31. The van der Waals surface area contributed by atoms with E-state index in [1.54, 1.807) is 36.2 Å². The van der Waals surface area contributed by atoms with Gasteiger partial charge in [-0.15, -0.1) is 0 Å². The van der Waals surface area contributed by atoms with Crippen molar-refractivity contribution in [3.63, 3.8) is 0 Å². The second kappa shape index (κ2) is 5.84. The van der Waals surface area contributed by atoms with Crippen molar-refractivity contribution in [2.75, 3.05) is 0 Å². The molecule has 0 bridgehead atoms. The number of hydrogen-bond acceptors (Lipinski definition) is 5. The van der Waals surface area contributed by atoms with Crippen LogP contribution >= 0.6 is 0 Å². The van der Waals surface area contributed by atoms with Crippen LogP contribution in [0.3, 0.4) is 0 Å². The van der Waals surface area contributed by atoms with Crippen LogP contribution in [0.4, 0.5) is 0 Å². The van der Waals surface area contributed by atoms with Gasteiger partial charge in [-0.25, -0.2) is 14.8 Å². The highest BCUT2D eigenvalue weighted by Gasteiger charge is 2.30. The third-order valence-electron chi connectivity index (χ3n) is 4.60. The highest BCUT2D eigenvalue weighted by atomic mass is 16.4. The van der Waals surface area contributed by atoms with Gasteiger partial charge in [0.2, 0.25) is 5.91 Å². The number of para-hydroxylation sites is 2. The minimum absolute atomic E-state index is 0.135. The lowest BCUT2D eigenvalue weighted by atomic mass is 10.2. The molecule has 1 aromatic carbocycles. The number of amides is 1. The number of fused-ring (bicyclic) bond motifs is 2.